The third kappa shape index (κ3) is 8.04. The minimum atomic E-state index is 0.301. The van der Waals surface area contributed by atoms with E-state index in [0.717, 1.165) is 96.7 Å². The van der Waals surface area contributed by atoms with Crippen molar-refractivity contribution in [3.8, 4) is 0 Å². The van der Waals surface area contributed by atoms with Crippen LogP contribution in [-0.2, 0) is 9.47 Å². The Kier molecular flexibility index (Phi) is 10.1. The molecule has 0 bridgehead atoms. The summed E-state index contributed by atoms with van der Waals surface area (Å²) in [7, 11) is 0. The third-order valence-electron chi connectivity index (χ3n) is 5.32. The van der Waals surface area contributed by atoms with Gasteiger partial charge in [-0.2, -0.15) is 0 Å². The fourth-order valence-electron chi connectivity index (χ4n) is 3.65. The molecule has 3 rings (SSSR count). The third-order valence-corrected chi connectivity index (χ3v) is 5.32. The first kappa shape index (κ1) is 22.7. The largest absolute Gasteiger partial charge is 0.379 e. The van der Waals surface area contributed by atoms with E-state index in [0.29, 0.717) is 12.7 Å². The number of aromatic nitrogens is 2. The van der Waals surface area contributed by atoms with Gasteiger partial charge >= 0.3 is 0 Å². The second-order valence-electron chi connectivity index (χ2n) is 7.63. The molecule has 3 heterocycles. The maximum absolute atomic E-state index is 5.71. The lowest BCUT2D eigenvalue weighted by Gasteiger charge is -2.34. The van der Waals surface area contributed by atoms with Gasteiger partial charge in [0.15, 0.2) is 5.96 Å². The molecule has 0 aromatic carbocycles. The molecule has 2 N–H and O–H groups in total. The highest BCUT2D eigenvalue weighted by Gasteiger charge is 2.18. The summed E-state index contributed by atoms with van der Waals surface area (Å²) in [6.07, 6.45) is 7.11. The molecule has 1 aromatic heterocycles. The van der Waals surface area contributed by atoms with Gasteiger partial charge in [-0.25, -0.2) is 9.97 Å². The van der Waals surface area contributed by atoms with Crippen LogP contribution in [0.5, 0.6) is 0 Å². The summed E-state index contributed by atoms with van der Waals surface area (Å²) in [5.74, 6) is 1.71. The fourth-order valence-corrected chi connectivity index (χ4v) is 3.65. The van der Waals surface area contributed by atoms with Gasteiger partial charge in [0.2, 0.25) is 5.95 Å². The number of nitrogens with zero attached hydrogens (tertiary/aromatic N) is 5. The Labute approximate surface area is 180 Å². The summed E-state index contributed by atoms with van der Waals surface area (Å²) in [5.41, 5.74) is 0. The van der Waals surface area contributed by atoms with Crippen LogP contribution in [0.2, 0.25) is 0 Å². The molecule has 2 aliphatic rings. The molecule has 168 valence electrons. The number of guanidine groups is 1. The molecular weight excluding hydrogens is 382 g/mol. The molecule has 0 saturated carbocycles. The summed E-state index contributed by atoms with van der Waals surface area (Å²) in [6.45, 7) is 11.9. The van der Waals surface area contributed by atoms with Gasteiger partial charge in [0.1, 0.15) is 0 Å². The van der Waals surface area contributed by atoms with Gasteiger partial charge in [-0.15, -0.1) is 0 Å². The van der Waals surface area contributed by atoms with Crippen molar-refractivity contribution in [3.05, 3.63) is 18.5 Å². The number of hydrogen-bond donors (Lipinski definition) is 2. The highest BCUT2D eigenvalue weighted by Crippen LogP contribution is 2.12. The molecule has 0 spiro atoms. The Bertz CT molecular complexity index is 603. The lowest BCUT2D eigenvalue weighted by Crippen LogP contribution is -2.49. The monoisotopic (exact) mass is 419 g/mol. The molecule has 1 atom stereocenters. The van der Waals surface area contributed by atoms with Crippen molar-refractivity contribution in [2.75, 3.05) is 77.1 Å². The van der Waals surface area contributed by atoms with Gasteiger partial charge in [0.05, 0.1) is 12.7 Å². The van der Waals surface area contributed by atoms with Gasteiger partial charge < -0.3 is 25.0 Å². The van der Waals surface area contributed by atoms with E-state index < -0.39 is 0 Å². The van der Waals surface area contributed by atoms with Gasteiger partial charge in [0, 0.05) is 78.0 Å². The van der Waals surface area contributed by atoms with Crippen LogP contribution in [0.25, 0.3) is 0 Å². The van der Waals surface area contributed by atoms with Crippen LogP contribution < -0.4 is 15.5 Å². The molecule has 2 fully saturated rings. The smallest absolute Gasteiger partial charge is 0.225 e. The van der Waals surface area contributed by atoms with Gasteiger partial charge in [-0.3, -0.25) is 9.89 Å². The minimum Gasteiger partial charge on any atom is -0.379 e. The zero-order valence-corrected chi connectivity index (χ0v) is 18.3. The van der Waals surface area contributed by atoms with Crippen molar-refractivity contribution in [1.29, 1.82) is 0 Å². The summed E-state index contributed by atoms with van der Waals surface area (Å²) < 4.78 is 11.3. The second kappa shape index (κ2) is 13.4. The van der Waals surface area contributed by atoms with Gasteiger partial charge in [-0.1, -0.05) is 0 Å². The molecule has 9 nitrogen and oxygen atoms in total. The molecule has 0 radical (unpaired) electrons. The molecular formula is C21H37N7O2. The number of rotatable bonds is 11. The second-order valence-corrected chi connectivity index (χ2v) is 7.63. The molecule has 2 saturated heterocycles. The van der Waals surface area contributed by atoms with E-state index in [1.54, 1.807) is 12.4 Å². The van der Waals surface area contributed by atoms with Crippen molar-refractivity contribution in [2.24, 2.45) is 4.99 Å². The van der Waals surface area contributed by atoms with Crippen molar-refractivity contribution in [3.63, 3.8) is 0 Å². The quantitative estimate of drug-likeness (QED) is 0.309. The zero-order chi connectivity index (χ0) is 20.9. The van der Waals surface area contributed by atoms with Crippen molar-refractivity contribution in [1.82, 2.24) is 25.5 Å². The van der Waals surface area contributed by atoms with E-state index in [-0.39, 0.29) is 0 Å². The van der Waals surface area contributed by atoms with E-state index in [4.69, 9.17) is 9.47 Å². The van der Waals surface area contributed by atoms with Crippen LogP contribution in [0.4, 0.5) is 5.95 Å². The predicted octanol–water partition coefficient (Wildman–Crippen LogP) is 0.739. The first-order chi connectivity index (χ1) is 14.8. The topological polar surface area (TPSA) is 87.1 Å². The number of ether oxygens (including phenoxy) is 2. The van der Waals surface area contributed by atoms with Gasteiger partial charge in [-0.05, 0) is 32.3 Å². The lowest BCUT2D eigenvalue weighted by atomic mass is 10.2. The van der Waals surface area contributed by atoms with E-state index in [1.807, 2.05) is 6.07 Å². The average Bonchev–Trinajstić information content (AvgIpc) is 3.31. The normalized spacial score (nSPS) is 20.5. The highest BCUT2D eigenvalue weighted by molar-refractivity contribution is 5.79. The molecule has 2 aliphatic heterocycles. The summed E-state index contributed by atoms with van der Waals surface area (Å²) in [6, 6.07) is 1.85. The molecule has 0 amide bonds. The molecule has 30 heavy (non-hydrogen) atoms. The summed E-state index contributed by atoms with van der Waals surface area (Å²) in [4.78, 5) is 18.1. The van der Waals surface area contributed by atoms with E-state index in [1.165, 1.54) is 0 Å². The van der Waals surface area contributed by atoms with Crippen LogP contribution in [-0.4, -0.2) is 99.1 Å². The van der Waals surface area contributed by atoms with Crippen LogP contribution in [0.15, 0.2) is 23.5 Å². The van der Waals surface area contributed by atoms with E-state index >= 15 is 0 Å². The zero-order valence-electron chi connectivity index (χ0n) is 18.3. The van der Waals surface area contributed by atoms with Crippen LogP contribution in [0.3, 0.4) is 0 Å². The molecule has 9 heteroatoms. The number of nitrogens with one attached hydrogen (secondary N) is 2. The van der Waals surface area contributed by atoms with E-state index in [2.05, 4.69) is 42.3 Å². The summed E-state index contributed by atoms with van der Waals surface area (Å²) >= 11 is 0. The number of piperazine rings is 1. The van der Waals surface area contributed by atoms with Crippen LogP contribution in [0, 0.1) is 0 Å². The van der Waals surface area contributed by atoms with E-state index in [9.17, 15) is 0 Å². The standard InChI is InChI=1S/C21H37N7O2/c1-2-22-20(23-9-5-16-29-18-19-6-3-17-30-19)24-10-11-27-12-14-28(15-13-27)21-25-7-4-8-26-21/h4,7-8,19H,2-3,5-6,9-18H2,1H3,(H2,22,23,24). The van der Waals surface area contributed by atoms with Crippen LogP contribution in [0.1, 0.15) is 26.2 Å². The first-order valence-corrected chi connectivity index (χ1v) is 11.3. The predicted molar refractivity (Wildman–Crippen MR) is 119 cm³/mol. The Morgan fingerprint density at radius 3 is 2.80 bits per heavy atom. The maximum Gasteiger partial charge on any atom is 0.225 e. The van der Waals surface area contributed by atoms with Crippen molar-refractivity contribution < 1.29 is 9.47 Å². The van der Waals surface area contributed by atoms with Crippen LogP contribution >= 0.6 is 0 Å². The minimum absolute atomic E-state index is 0.301. The Balaban J connectivity index is 1.26. The Morgan fingerprint density at radius 1 is 1.23 bits per heavy atom. The van der Waals surface area contributed by atoms with Crippen molar-refractivity contribution >= 4 is 11.9 Å². The maximum atomic E-state index is 5.71. The number of aliphatic imine (C=N–C) groups is 1. The Morgan fingerprint density at radius 2 is 2.07 bits per heavy atom. The number of anilines is 1. The van der Waals surface area contributed by atoms with Crippen molar-refractivity contribution in [2.45, 2.75) is 32.3 Å². The molecule has 1 unspecified atom stereocenters. The van der Waals surface area contributed by atoms with Gasteiger partial charge in [0.25, 0.3) is 0 Å². The summed E-state index contributed by atoms with van der Waals surface area (Å²) in [5, 5.41) is 6.76. The number of hydrogen-bond acceptors (Lipinski definition) is 7. The highest BCUT2D eigenvalue weighted by atomic mass is 16.5. The SMILES string of the molecule is CCNC(=NCCCOCC1CCCO1)NCCN1CCN(c2ncccn2)CC1. The fraction of sp³-hybridized carbons (Fsp3) is 0.762. The Hall–Kier alpha value is -1.97. The molecule has 1 aromatic rings. The molecule has 0 aliphatic carbocycles. The average molecular weight is 420 g/mol. The lowest BCUT2D eigenvalue weighted by molar-refractivity contribution is 0.0171. The first-order valence-electron chi connectivity index (χ1n) is 11.3.